The molecular weight excluding hydrogens is 282 g/mol. The van der Waals surface area contributed by atoms with Crippen LogP contribution < -0.4 is 10.6 Å². The molecule has 0 fully saturated rings. The molecule has 3 nitrogen and oxygen atoms in total. The maximum atomic E-state index is 6.04. The number of rotatable bonds is 6. The van der Waals surface area contributed by atoms with Gasteiger partial charge in [0.1, 0.15) is 5.82 Å². The fraction of sp³-hybridized carbons (Fsp3) is 0.353. The molecule has 0 spiro atoms. The van der Waals surface area contributed by atoms with Gasteiger partial charge in [-0.2, -0.15) is 0 Å². The van der Waals surface area contributed by atoms with Crippen LogP contribution >= 0.6 is 11.6 Å². The lowest BCUT2D eigenvalue weighted by molar-refractivity contribution is 0.842. The molecule has 1 heterocycles. The minimum Gasteiger partial charge on any atom is -0.355 e. The molecule has 2 rings (SSSR count). The summed E-state index contributed by atoms with van der Waals surface area (Å²) in [6.07, 6.45) is 2.06. The van der Waals surface area contributed by atoms with E-state index < -0.39 is 0 Å². The molecule has 0 unspecified atom stereocenters. The summed E-state index contributed by atoms with van der Waals surface area (Å²) < 4.78 is 0. The number of anilines is 1. The first-order chi connectivity index (χ1) is 10.1. The first-order valence-electron chi connectivity index (χ1n) is 7.28. The Bertz CT molecular complexity index is 598. The predicted octanol–water partition coefficient (Wildman–Crippen LogP) is 3.78. The Balaban J connectivity index is 2.21. The molecule has 1 aromatic carbocycles. The van der Waals surface area contributed by atoms with Crippen molar-refractivity contribution in [2.45, 2.75) is 32.9 Å². The molecule has 0 aliphatic heterocycles. The Kier molecular flexibility index (Phi) is 5.59. The highest BCUT2D eigenvalue weighted by atomic mass is 35.5. The molecule has 0 bridgehead atoms. The van der Waals surface area contributed by atoms with Gasteiger partial charge in [-0.1, -0.05) is 37.1 Å². The van der Waals surface area contributed by atoms with E-state index in [0.29, 0.717) is 6.54 Å². The Morgan fingerprint density at radius 1 is 1.19 bits per heavy atom. The molecule has 2 N–H and O–H groups in total. The van der Waals surface area contributed by atoms with Gasteiger partial charge in [0.2, 0.25) is 0 Å². The van der Waals surface area contributed by atoms with E-state index in [9.17, 15) is 0 Å². The molecule has 112 valence electrons. The van der Waals surface area contributed by atoms with Gasteiger partial charge in [-0.3, -0.25) is 0 Å². The van der Waals surface area contributed by atoms with Crippen molar-refractivity contribution in [3.05, 3.63) is 58.2 Å². The zero-order valence-corrected chi connectivity index (χ0v) is 13.4. The third-order valence-electron chi connectivity index (χ3n) is 3.37. The number of pyridine rings is 1. The van der Waals surface area contributed by atoms with Gasteiger partial charge in [0.05, 0.1) is 0 Å². The summed E-state index contributed by atoms with van der Waals surface area (Å²) in [4.78, 5) is 6.86. The molecule has 21 heavy (non-hydrogen) atoms. The van der Waals surface area contributed by atoms with Crippen molar-refractivity contribution in [3.63, 3.8) is 0 Å². The van der Waals surface area contributed by atoms with Crippen LogP contribution in [0.15, 0.2) is 36.4 Å². The normalized spacial score (nSPS) is 10.7. The van der Waals surface area contributed by atoms with Crippen LogP contribution in [0.1, 0.15) is 30.2 Å². The van der Waals surface area contributed by atoms with Gasteiger partial charge in [0.25, 0.3) is 0 Å². The fourth-order valence-electron chi connectivity index (χ4n) is 2.32. The highest BCUT2D eigenvalue weighted by molar-refractivity contribution is 6.30. The second-order valence-electron chi connectivity index (χ2n) is 5.27. The summed E-state index contributed by atoms with van der Waals surface area (Å²) >= 11 is 6.04. The molecule has 0 amide bonds. The van der Waals surface area contributed by atoms with Crippen molar-refractivity contribution in [3.8, 4) is 0 Å². The Morgan fingerprint density at radius 2 is 2.00 bits per heavy atom. The average Bonchev–Trinajstić information content (AvgIpc) is 2.47. The van der Waals surface area contributed by atoms with Gasteiger partial charge in [0.15, 0.2) is 0 Å². The number of hydrogen-bond donors (Lipinski definition) is 1. The van der Waals surface area contributed by atoms with Gasteiger partial charge in [0, 0.05) is 30.9 Å². The van der Waals surface area contributed by atoms with Gasteiger partial charge in [-0.25, -0.2) is 4.98 Å². The highest BCUT2D eigenvalue weighted by Crippen LogP contribution is 2.18. The molecule has 2 aromatic rings. The zero-order chi connectivity index (χ0) is 15.2. The van der Waals surface area contributed by atoms with Gasteiger partial charge >= 0.3 is 0 Å². The number of hydrogen-bond acceptors (Lipinski definition) is 3. The number of nitrogens with two attached hydrogens (primary N) is 1. The summed E-state index contributed by atoms with van der Waals surface area (Å²) in [5.74, 6) is 0.960. The number of benzene rings is 1. The van der Waals surface area contributed by atoms with E-state index >= 15 is 0 Å². The van der Waals surface area contributed by atoms with Crippen LogP contribution in [0.3, 0.4) is 0 Å². The molecule has 0 aliphatic carbocycles. The minimum atomic E-state index is 0.539. The third-order valence-corrected chi connectivity index (χ3v) is 3.60. The lowest BCUT2D eigenvalue weighted by Crippen LogP contribution is -2.19. The summed E-state index contributed by atoms with van der Waals surface area (Å²) in [6.45, 7) is 3.47. The third kappa shape index (κ3) is 4.45. The van der Waals surface area contributed by atoms with Crippen LogP contribution in [0.25, 0.3) is 0 Å². The van der Waals surface area contributed by atoms with Crippen LogP contribution in [0.2, 0.25) is 5.02 Å². The quantitative estimate of drug-likeness (QED) is 0.883. The lowest BCUT2D eigenvalue weighted by Gasteiger charge is -2.20. The van der Waals surface area contributed by atoms with E-state index in [4.69, 9.17) is 22.3 Å². The molecule has 1 aromatic heterocycles. The second kappa shape index (κ2) is 7.43. The van der Waals surface area contributed by atoms with Crippen molar-refractivity contribution >= 4 is 17.4 Å². The van der Waals surface area contributed by atoms with E-state index in [0.717, 1.165) is 41.5 Å². The van der Waals surface area contributed by atoms with Crippen molar-refractivity contribution in [2.75, 3.05) is 11.9 Å². The molecule has 4 heteroatoms. The van der Waals surface area contributed by atoms with Crippen LogP contribution in [0, 0.1) is 0 Å². The largest absolute Gasteiger partial charge is 0.355 e. The maximum Gasteiger partial charge on any atom is 0.129 e. The molecule has 0 aliphatic rings. The molecule has 0 saturated heterocycles. The molecular formula is C17H22ClN3. The highest BCUT2D eigenvalue weighted by Gasteiger charge is 2.07. The number of halogens is 1. The number of aryl methyl sites for hydroxylation is 1. The molecule has 0 radical (unpaired) electrons. The summed E-state index contributed by atoms with van der Waals surface area (Å²) in [5, 5.41) is 0.760. The molecule has 0 atom stereocenters. The average molecular weight is 304 g/mol. The van der Waals surface area contributed by atoms with Crippen molar-refractivity contribution in [1.29, 1.82) is 0 Å². The monoisotopic (exact) mass is 303 g/mol. The summed E-state index contributed by atoms with van der Waals surface area (Å²) in [6, 6.07) is 12.1. The topological polar surface area (TPSA) is 42.1 Å². The SMILES string of the molecule is CCCc1cc(CN)cc(N(C)Cc2cccc(Cl)c2)n1. The Hall–Kier alpha value is -1.58. The summed E-state index contributed by atoms with van der Waals surface area (Å²) in [7, 11) is 2.04. The zero-order valence-electron chi connectivity index (χ0n) is 12.6. The van der Waals surface area contributed by atoms with Crippen LogP contribution in [-0.2, 0) is 19.5 Å². The first-order valence-corrected chi connectivity index (χ1v) is 7.65. The number of nitrogens with zero attached hydrogens (tertiary/aromatic N) is 2. The van der Waals surface area contributed by atoms with Crippen LogP contribution in [0.5, 0.6) is 0 Å². The van der Waals surface area contributed by atoms with Crippen molar-refractivity contribution in [1.82, 2.24) is 4.98 Å². The summed E-state index contributed by atoms with van der Waals surface area (Å²) in [5.41, 5.74) is 9.19. The van der Waals surface area contributed by atoms with Gasteiger partial charge in [-0.05, 0) is 41.8 Å². The van der Waals surface area contributed by atoms with E-state index in [1.54, 1.807) is 0 Å². The Labute approximate surface area is 131 Å². The second-order valence-corrected chi connectivity index (χ2v) is 5.70. The fourth-order valence-corrected chi connectivity index (χ4v) is 2.53. The maximum absolute atomic E-state index is 6.04. The van der Waals surface area contributed by atoms with Crippen molar-refractivity contribution < 1.29 is 0 Å². The van der Waals surface area contributed by atoms with E-state index in [2.05, 4.69) is 30.0 Å². The Morgan fingerprint density at radius 3 is 2.67 bits per heavy atom. The van der Waals surface area contributed by atoms with Gasteiger partial charge < -0.3 is 10.6 Å². The van der Waals surface area contributed by atoms with E-state index in [-0.39, 0.29) is 0 Å². The standard InChI is InChI=1S/C17H22ClN3/c1-3-5-16-9-14(11-19)10-17(20-16)21(2)12-13-6-4-7-15(18)8-13/h4,6-10H,3,5,11-12,19H2,1-2H3. The van der Waals surface area contributed by atoms with Gasteiger partial charge in [-0.15, -0.1) is 0 Å². The van der Waals surface area contributed by atoms with Crippen LogP contribution in [-0.4, -0.2) is 12.0 Å². The van der Waals surface area contributed by atoms with Crippen LogP contribution in [0.4, 0.5) is 5.82 Å². The van der Waals surface area contributed by atoms with E-state index in [1.807, 2.05) is 25.2 Å². The lowest BCUT2D eigenvalue weighted by atomic mass is 10.1. The first kappa shape index (κ1) is 15.8. The predicted molar refractivity (Wildman–Crippen MR) is 89.7 cm³/mol. The minimum absolute atomic E-state index is 0.539. The molecule has 0 saturated carbocycles. The number of aromatic nitrogens is 1. The van der Waals surface area contributed by atoms with E-state index in [1.165, 1.54) is 5.56 Å². The smallest absolute Gasteiger partial charge is 0.129 e. The van der Waals surface area contributed by atoms with Crippen molar-refractivity contribution in [2.24, 2.45) is 5.73 Å².